The van der Waals surface area contributed by atoms with Crippen molar-refractivity contribution < 1.29 is 18.0 Å². The van der Waals surface area contributed by atoms with Gasteiger partial charge in [-0.3, -0.25) is 0 Å². The van der Waals surface area contributed by atoms with Crippen molar-refractivity contribution in [2.75, 3.05) is 36.4 Å². The van der Waals surface area contributed by atoms with Crippen LogP contribution in [0, 0.1) is 0 Å². The lowest BCUT2D eigenvalue weighted by Crippen LogP contribution is -2.50. The second-order valence-electron chi connectivity index (χ2n) is 5.81. The maximum atomic E-state index is 12.5. The Kier molecular flexibility index (Phi) is 4.83. The molecule has 4 nitrogen and oxygen atoms in total. The summed E-state index contributed by atoms with van der Waals surface area (Å²) in [6.07, 6.45) is -4.38. The third-order valence-corrected chi connectivity index (χ3v) is 4.15. The van der Waals surface area contributed by atoms with Gasteiger partial charge >= 0.3 is 12.2 Å². The van der Waals surface area contributed by atoms with Gasteiger partial charge in [0.15, 0.2) is 0 Å². The van der Waals surface area contributed by atoms with E-state index in [1.54, 1.807) is 4.90 Å². The van der Waals surface area contributed by atoms with Crippen LogP contribution in [-0.2, 0) is 6.18 Å². The highest BCUT2D eigenvalue weighted by Gasteiger charge is 2.30. The Hall–Kier alpha value is -2.70. The Morgan fingerprint density at radius 3 is 2.04 bits per heavy atom. The molecule has 25 heavy (non-hydrogen) atoms. The van der Waals surface area contributed by atoms with E-state index in [0.29, 0.717) is 31.9 Å². The van der Waals surface area contributed by atoms with Gasteiger partial charge in [0.25, 0.3) is 0 Å². The molecule has 0 atom stereocenters. The first-order valence-electron chi connectivity index (χ1n) is 7.97. The van der Waals surface area contributed by atoms with Crippen LogP contribution >= 0.6 is 0 Å². The fourth-order valence-electron chi connectivity index (χ4n) is 2.75. The maximum absolute atomic E-state index is 12.5. The Morgan fingerprint density at radius 1 is 0.880 bits per heavy atom. The normalized spacial score (nSPS) is 15.2. The van der Waals surface area contributed by atoms with Crippen molar-refractivity contribution in [3.8, 4) is 0 Å². The zero-order valence-corrected chi connectivity index (χ0v) is 13.5. The van der Waals surface area contributed by atoms with E-state index in [1.807, 2.05) is 30.3 Å². The standard InChI is InChI=1S/C18H18F3N3O/c19-18(20,21)14-6-8-15(9-7-14)22-17(25)24-12-10-23(11-13-24)16-4-2-1-3-5-16/h1-9H,10-13H2,(H,22,25). The van der Waals surface area contributed by atoms with Crippen LogP contribution in [0.25, 0.3) is 0 Å². The third kappa shape index (κ3) is 4.23. The summed E-state index contributed by atoms with van der Waals surface area (Å²) in [4.78, 5) is 16.1. The van der Waals surface area contributed by atoms with Crippen molar-refractivity contribution >= 4 is 17.4 Å². The van der Waals surface area contributed by atoms with Gasteiger partial charge in [-0.05, 0) is 36.4 Å². The van der Waals surface area contributed by atoms with Gasteiger partial charge in [0.2, 0.25) is 0 Å². The van der Waals surface area contributed by atoms with Crippen LogP contribution in [0.2, 0.25) is 0 Å². The lowest BCUT2D eigenvalue weighted by Gasteiger charge is -2.36. The zero-order chi connectivity index (χ0) is 17.9. The number of benzene rings is 2. The number of hydrogen-bond donors (Lipinski definition) is 1. The number of nitrogens with zero attached hydrogens (tertiary/aromatic N) is 2. The van der Waals surface area contributed by atoms with Crippen molar-refractivity contribution in [3.05, 3.63) is 60.2 Å². The maximum Gasteiger partial charge on any atom is 0.416 e. The SMILES string of the molecule is O=C(Nc1ccc(C(F)(F)F)cc1)N1CCN(c2ccccc2)CC1. The Morgan fingerprint density at radius 2 is 1.48 bits per heavy atom. The molecule has 7 heteroatoms. The highest BCUT2D eigenvalue weighted by atomic mass is 19.4. The summed E-state index contributed by atoms with van der Waals surface area (Å²) in [7, 11) is 0. The number of anilines is 2. The van der Waals surface area contributed by atoms with Crippen molar-refractivity contribution in [2.24, 2.45) is 0 Å². The summed E-state index contributed by atoms with van der Waals surface area (Å²) in [5.74, 6) is 0. The van der Waals surface area contributed by atoms with E-state index in [0.717, 1.165) is 17.8 Å². The third-order valence-electron chi connectivity index (χ3n) is 4.15. The molecule has 0 saturated carbocycles. The lowest BCUT2D eigenvalue weighted by molar-refractivity contribution is -0.137. The number of carbonyl (C=O) groups is 1. The fourth-order valence-corrected chi connectivity index (χ4v) is 2.75. The summed E-state index contributed by atoms with van der Waals surface area (Å²) in [5.41, 5.74) is 0.732. The van der Waals surface area contributed by atoms with Gasteiger partial charge < -0.3 is 15.1 Å². The number of urea groups is 1. The van der Waals surface area contributed by atoms with Crippen LogP contribution in [0.15, 0.2) is 54.6 Å². The predicted octanol–water partition coefficient (Wildman–Crippen LogP) is 4.06. The van der Waals surface area contributed by atoms with E-state index >= 15 is 0 Å². The summed E-state index contributed by atoms with van der Waals surface area (Å²) in [5, 5.41) is 2.65. The number of carbonyl (C=O) groups excluding carboxylic acids is 1. The minimum absolute atomic E-state index is 0.299. The molecule has 1 aliphatic heterocycles. The van der Waals surface area contributed by atoms with Gasteiger partial charge in [-0.15, -0.1) is 0 Å². The molecule has 0 aliphatic carbocycles. The first-order valence-corrected chi connectivity index (χ1v) is 7.97. The molecule has 0 spiro atoms. The first kappa shape index (κ1) is 17.1. The highest BCUT2D eigenvalue weighted by Crippen LogP contribution is 2.29. The van der Waals surface area contributed by atoms with Gasteiger partial charge in [-0.25, -0.2) is 4.79 Å². The minimum atomic E-state index is -4.38. The number of alkyl halides is 3. The topological polar surface area (TPSA) is 35.6 Å². The van der Waals surface area contributed by atoms with Gasteiger partial charge in [0, 0.05) is 37.6 Å². The number of amides is 2. The van der Waals surface area contributed by atoms with E-state index in [4.69, 9.17) is 0 Å². The van der Waals surface area contributed by atoms with E-state index < -0.39 is 11.7 Å². The first-order chi connectivity index (χ1) is 11.9. The molecule has 0 aromatic heterocycles. The van der Waals surface area contributed by atoms with Crippen molar-refractivity contribution in [3.63, 3.8) is 0 Å². The Bertz CT molecular complexity index is 709. The molecule has 3 rings (SSSR count). The molecule has 2 amide bonds. The van der Waals surface area contributed by atoms with Crippen molar-refractivity contribution in [1.82, 2.24) is 4.90 Å². The molecule has 2 aromatic carbocycles. The Balaban J connectivity index is 1.54. The monoisotopic (exact) mass is 349 g/mol. The van der Waals surface area contributed by atoms with Crippen LogP contribution in [0.4, 0.5) is 29.3 Å². The van der Waals surface area contributed by atoms with Crippen molar-refractivity contribution in [1.29, 1.82) is 0 Å². The molecule has 1 fully saturated rings. The van der Waals surface area contributed by atoms with Crippen LogP contribution in [0.3, 0.4) is 0 Å². The summed E-state index contributed by atoms with van der Waals surface area (Å²) >= 11 is 0. The highest BCUT2D eigenvalue weighted by molar-refractivity contribution is 5.89. The second-order valence-corrected chi connectivity index (χ2v) is 5.81. The van der Waals surface area contributed by atoms with Crippen LogP contribution in [0.5, 0.6) is 0 Å². The number of rotatable bonds is 2. The number of halogens is 3. The van der Waals surface area contributed by atoms with Crippen LogP contribution < -0.4 is 10.2 Å². The van der Waals surface area contributed by atoms with E-state index in [2.05, 4.69) is 10.2 Å². The van der Waals surface area contributed by atoms with E-state index in [-0.39, 0.29) is 6.03 Å². The molecular weight excluding hydrogens is 331 g/mol. The number of hydrogen-bond acceptors (Lipinski definition) is 2. The molecule has 1 aliphatic rings. The van der Waals surface area contributed by atoms with Gasteiger partial charge in [0.1, 0.15) is 0 Å². The average Bonchev–Trinajstić information content (AvgIpc) is 2.62. The van der Waals surface area contributed by atoms with Crippen molar-refractivity contribution in [2.45, 2.75) is 6.18 Å². The van der Waals surface area contributed by atoms with Gasteiger partial charge in [-0.1, -0.05) is 18.2 Å². The second kappa shape index (κ2) is 7.04. The molecule has 0 radical (unpaired) electrons. The Labute approximate surface area is 143 Å². The molecular formula is C18H18F3N3O. The average molecular weight is 349 g/mol. The summed E-state index contributed by atoms with van der Waals surface area (Å²) in [6.45, 7) is 2.54. The number of piperazine rings is 1. The predicted molar refractivity (Wildman–Crippen MR) is 90.7 cm³/mol. The quantitative estimate of drug-likeness (QED) is 0.887. The van der Waals surface area contributed by atoms with Crippen LogP contribution in [0.1, 0.15) is 5.56 Å². The molecule has 1 heterocycles. The fraction of sp³-hybridized carbons (Fsp3) is 0.278. The number of nitrogens with one attached hydrogen (secondary N) is 1. The molecule has 0 unspecified atom stereocenters. The summed E-state index contributed by atoms with van der Waals surface area (Å²) < 4.78 is 37.6. The zero-order valence-electron chi connectivity index (χ0n) is 13.5. The molecule has 132 valence electrons. The minimum Gasteiger partial charge on any atom is -0.368 e. The summed E-state index contributed by atoms with van der Waals surface area (Å²) in [6, 6.07) is 14.1. The smallest absolute Gasteiger partial charge is 0.368 e. The molecule has 0 bridgehead atoms. The van der Waals surface area contributed by atoms with Gasteiger partial charge in [-0.2, -0.15) is 13.2 Å². The number of para-hydroxylation sites is 1. The largest absolute Gasteiger partial charge is 0.416 e. The van der Waals surface area contributed by atoms with E-state index in [1.165, 1.54) is 12.1 Å². The molecule has 1 saturated heterocycles. The van der Waals surface area contributed by atoms with Gasteiger partial charge in [0.05, 0.1) is 5.56 Å². The molecule has 2 aromatic rings. The van der Waals surface area contributed by atoms with E-state index in [9.17, 15) is 18.0 Å². The van der Waals surface area contributed by atoms with Crippen LogP contribution in [-0.4, -0.2) is 37.1 Å². The lowest BCUT2D eigenvalue weighted by atomic mass is 10.2. The molecule has 1 N–H and O–H groups in total.